The Morgan fingerprint density at radius 3 is 2.44 bits per heavy atom. The van der Waals surface area contributed by atoms with Crippen molar-refractivity contribution in [3.05, 3.63) is 47.0 Å². The number of aldehydes is 1. The summed E-state index contributed by atoms with van der Waals surface area (Å²) in [7, 11) is 0. The van der Waals surface area contributed by atoms with Gasteiger partial charge >= 0.3 is 0 Å². The molecule has 1 nitrogen and oxygen atoms in total. The molecule has 1 aromatic carbocycles. The van der Waals surface area contributed by atoms with Crippen LogP contribution in [0.1, 0.15) is 31.7 Å². The van der Waals surface area contributed by atoms with Gasteiger partial charge in [-0.05, 0) is 30.0 Å². The third-order valence-electron chi connectivity index (χ3n) is 2.56. The van der Waals surface area contributed by atoms with Crippen molar-refractivity contribution in [1.82, 2.24) is 0 Å². The number of carbonyl (C=O) groups is 1. The summed E-state index contributed by atoms with van der Waals surface area (Å²) < 4.78 is 0. The molecule has 0 radical (unpaired) electrons. The number of halogens is 1. The van der Waals surface area contributed by atoms with Crippen LogP contribution in [0.3, 0.4) is 0 Å². The Kier molecular flexibility index (Phi) is 5.27. The fraction of sp³-hybridized carbons (Fsp3) is 0.357. The molecule has 1 rings (SSSR count). The lowest BCUT2D eigenvalue weighted by Gasteiger charge is -2.06. The summed E-state index contributed by atoms with van der Waals surface area (Å²) in [5.74, 6) is 0.463. The molecule has 0 saturated carbocycles. The van der Waals surface area contributed by atoms with Crippen molar-refractivity contribution >= 4 is 17.9 Å². The van der Waals surface area contributed by atoms with Crippen molar-refractivity contribution in [3.8, 4) is 0 Å². The third-order valence-corrected chi connectivity index (χ3v) is 2.81. The molecule has 0 aliphatic heterocycles. The number of hydrogen-bond acceptors (Lipinski definition) is 1. The molecular weight excluding hydrogens is 220 g/mol. The van der Waals surface area contributed by atoms with Crippen LogP contribution < -0.4 is 0 Å². The van der Waals surface area contributed by atoms with Crippen LogP contribution in [-0.4, -0.2) is 6.29 Å². The summed E-state index contributed by atoms with van der Waals surface area (Å²) in [6.07, 6.45) is 5.99. The highest BCUT2D eigenvalue weighted by atomic mass is 35.5. The Bertz CT molecular complexity index is 354. The highest BCUT2D eigenvalue weighted by molar-refractivity contribution is 6.30. The van der Waals surface area contributed by atoms with Crippen LogP contribution in [0.15, 0.2) is 36.4 Å². The molecule has 16 heavy (non-hydrogen) atoms. The fourth-order valence-corrected chi connectivity index (χ4v) is 1.56. The predicted molar refractivity (Wildman–Crippen MR) is 68.9 cm³/mol. The second-order valence-electron chi connectivity index (χ2n) is 4.12. The first-order chi connectivity index (χ1) is 7.63. The van der Waals surface area contributed by atoms with Gasteiger partial charge in [-0.2, -0.15) is 0 Å². The van der Waals surface area contributed by atoms with E-state index in [-0.39, 0.29) is 5.92 Å². The minimum absolute atomic E-state index is 0.105. The topological polar surface area (TPSA) is 17.1 Å². The molecule has 86 valence electrons. The first-order valence-electron chi connectivity index (χ1n) is 5.51. The number of carbonyl (C=O) groups excluding carboxylic acids is 1. The van der Waals surface area contributed by atoms with E-state index < -0.39 is 0 Å². The molecule has 0 heterocycles. The van der Waals surface area contributed by atoms with E-state index in [1.807, 2.05) is 31.2 Å². The lowest BCUT2D eigenvalue weighted by atomic mass is 9.99. The van der Waals surface area contributed by atoms with Crippen molar-refractivity contribution < 1.29 is 4.79 Å². The largest absolute Gasteiger partial charge is 0.303 e. The first-order valence-corrected chi connectivity index (χ1v) is 5.88. The number of hydrogen-bond donors (Lipinski definition) is 0. The van der Waals surface area contributed by atoms with E-state index in [0.29, 0.717) is 5.92 Å². The molecule has 0 aromatic heterocycles. The van der Waals surface area contributed by atoms with Gasteiger partial charge < -0.3 is 4.79 Å². The number of benzene rings is 1. The Labute approximate surface area is 102 Å². The van der Waals surface area contributed by atoms with Gasteiger partial charge in [0.05, 0.1) is 0 Å². The van der Waals surface area contributed by atoms with Gasteiger partial charge in [0.2, 0.25) is 0 Å². The summed E-state index contributed by atoms with van der Waals surface area (Å²) in [6.45, 7) is 4.05. The number of rotatable bonds is 5. The van der Waals surface area contributed by atoms with E-state index >= 15 is 0 Å². The Hall–Kier alpha value is -1.08. The first kappa shape index (κ1) is 13.0. The smallest absolute Gasteiger partial charge is 0.123 e. The Morgan fingerprint density at radius 2 is 1.88 bits per heavy atom. The van der Waals surface area contributed by atoms with Crippen molar-refractivity contribution in [2.45, 2.75) is 26.2 Å². The molecule has 0 aliphatic rings. The second kappa shape index (κ2) is 6.49. The van der Waals surface area contributed by atoms with Gasteiger partial charge in [0.25, 0.3) is 0 Å². The van der Waals surface area contributed by atoms with Gasteiger partial charge in [0, 0.05) is 10.9 Å². The average molecular weight is 237 g/mol. The molecular formula is C14H17ClO. The molecule has 0 bridgehead atoms. The molecule has 0 saturated heterocycles. The van der Waals surface area contributed by atoms with Crippen molar-refractivity contribution in [1.29, 1.82) is 0 Å². The lowest BCUT2D eigenvalue weighted by molar-refractivity contribution is -0.110. The van der Waals surface area contributed by atoms with Gasteiger partial charge in [-0.25, -0.2) is 0 Å². The predicted octanol–water partition coefficient (Wildman–Crippen LogP) is 4.22. The molecule has 2 atom stereocenters. The monoisotopic (exact) mass is 236 g/mol. The molecule has 0 N–H and O–H groups in total. The molecule has 0 spiro atoms. The highest BCUT2D eigenvalue weighted by Crippen LogP contribution is 2.19. The SMILES string of the molecule is C[C@@H](C=O)C/C=C/[C@H](C)c1ccc(Cl)cc1. The van der Waals surface area contributed by atoms with E-state index in [0.717, 1.165) is 17.7 Å². The van der Waals surface area contributed by atoms with Crippen molar-refractivity contribution in [3.63, 3.8) is 0 Å². The minimum atomic E-state index is 0.105. The van der Waals surface area contributed by atoms with Crippen LogP contribution >= 0.6 is 11.6 Å². The maximum atomic E-state index is 10.4. The summed E-state index contributed by atoms with van der Waals surface area (Å²) in [6, 6.07) is 7.85. The summed E-state index contributed by atoms with van der Waals surface area (Å²) in [5, 5.41) is 0.759. The van der Waals surface area contributed by atoms with Gasteiger partial charge in [0.15, 0.2) is 0 Å². The minimum Gasteiger partial charge on any atom is -0.303 e. The van der Waals surface area contributed by atoms with E-state index in [1.165, 1.54) is 5.56 Å². The van der Waals surface area contributed by atoms with Crippen molar-refractivity contribution in [2.75, 3.05) is 0 Å². The highest BCUT2D eigenvalue weighted by Gasteiger charge is 2.01. The maximum absolute atomic E-state index is 10.4. The van der Waals surface area contributed by atoms with E-state index in [9.17, 15) is 4.79 Å². The summed E-state index contributed by atoms with van der Waals surface area (Å²) >= 11 is 5.82. The van der Waals surface area contributed by atoms with Crippen molar-refractivity contribution in [2.24, 2.45) is 5.92 Å². The zero-order chi connectivity index (χ0) is 12.0. The summed E-state index contributed by atoms with van der Waals surface area (Å²) in [5.41, 5.74) is 1.24. The fourth-order valence-electron chi connectivity index (χ4n) is 1.43. The lowest BCUT2D eigenvalue weighted by Crippen LogP contribution is -1.93. The Balaban J connectivity index is 2.54. The van der Waals surface area contributed by atoms with E-state index in [2.05, 4.69) is 19.1 Å². The standard InChI is InChI=1S/C14H17ClO/c1-11(10-16)4-3-5-12(2)13-6-8-14(15)9-7-13/h3,5-12H,4H2,1-2H3/b5-3+/t11-,12+/m1/s1. The molecule has 0 unspecified atom stereocenters. The van der Waals surface area contributed by atoms with Crippen LogP contribution in [-0.2, 0) is 4.79 Å². The number of allylic oxidation sites excluding steroid dienone is 2. The van der Waals surface area contributed by atoms with E-state index in [4.69, 9.17) is 11.6 Å². The zero-order valence-corrected chi connectivity index (χ0v) is 10.4. The summed E-state index contributed by atoms with van der Waals surface area (Å²) in [4.78, 5) is 10.4. The van der Waals surface area contributed by atoms with Crippen LogP contribution in [0.5, 0.6) is 0 Å². The quantitative estimate of drug-likeness (QED) is 0.553. The molecule has 0 fully saturated rings. The van der Waals surface area contributed by atoms with Crippen LogP contribution in [0, 0.1) is 5.92 Å². The van der Waals surface area contributed by atoms with Gasteiger partial charge in [-0.15, -0.1) is 0 Å². The van der Waals surface area contributed by atoms with Gasteiger partial charge in [-0.1, -0.05) is 49.7 Å². The van der Waals surface area contributed by atoms with Crippen LogP contribution in [0.25, 0.3) is 0 Å². The second-order valence-corrected chi connectivity index (χ2v) is 4.55. The maximum Gasteiger partial charge on any atom is 0.123 e. The van der Waals surface area contributed by atoms with Crippen LogP contribution in [0.4, 0.5) is 0 Å². The third kappa shape index (κ3) is 4.19. The Morgan fingerprint density at radius 1 is 1.25 bits per heavy atom. The zero-order valence-electron chi connectivity index (χ0n) is 9.69. The molecule has 0 amide bonds. The molecule has 1 aromatic rings. The van der Waals surface area contributed by atoms with Gasteiger partial charge in [-0.3, -0.25) is 0 Å². The van der Waals surface area contributed by atoms with Crippen LogP contribution in [0.2, 0.25) is 5.02 Å². The average Bonchev–Trinajstić information content (AvgIpc) is 2.29. The molecule has 2 heteroatoms. The normalized spacial score (nSPS) is 14.9. The van der Waals surface area contributed by atoms with E-state index in [1.54, 1.807) is 0 Å². The molecule has 0 aliphatic carbocycles. The van der Waals surface area contributed by atoms with Gasteiger partial charge in [0.1, 0.15) is 6.29 Å².